The molecule has 0 spiro atoms. The van der Waals surface area contributed by atoms with Gasteiger partial charge in [0.1, 0.15) is 5.69 Å². The molecule has 6 heteroatoms. The van der Waals surface area contributed by atoms with E-state index >= 15 is 0 Å². The normalized spacial score (nSPS) is 10.1. The summed E-state index contributed by atoms with van der Waals surface area (Å²) in [7, 11) is 0. The summed E-state index contributed by atoms with van der Waals surface area (Å²) in [6, 6.07) is 9.85. The number of hydrogen-bond donors (Lipinski definition) is 2. The second kappa shape index (κ2) is 6.16. The Balaban J connectivity index is 1.99. The van der Waals surface area contributed by atoms with Crippen LogP contribution in [-0.4, -0.2) is 22.0 Å². The molecule has 0 bridgehead atoms. The number of rotatable bonds is 4. The molecule has 2 N–H and O–H groups in total. The molecule has 2 rings (SSSR count). The van der Waals surface area contributed by atoms with Crippen LogP contribution in [0.15, 0.2) is 42.6 Å². The molecular formula is C14H11ClN2O3. The number of nitrogens with one attached hydrogen (secondary N) is 1. The molecule has 5 nitrogen and oxygen atoms in total. The summed E-state index contributed by atoms with van der Waals surface area (Å²) in [6.07, 6.45) is 1.49. The summed E-state index contributed by atoms with van der Waals surface area (Å²) >= 11 is 5.84. The summed E-state index contributed by atoms with van der Waals surface area (Å²) in [4.78, 5) is 26.2. The molecule has 20 heavy (non-hydrogen) atoms. The third-order valence-corrected chi connectivity index (χ3v) is 2.76. The van der Waals surface area contributed by atoms with Gasteiger partial charge in [0.25, 0.3) is 0 Å². The highest BCUT2D eigenvalue weighted by atomic mass is 35.5. The van der Waals surface area contributed by atoms with Crippen LogP contribution >= 0.6 is 11.6 Å². The minimum Gasteiger partial charge on any atom is -0.477 e. The predicted octanol–water partition coefficient (Wildman–Crippen LogP) is 2.61. The van der Waals surface area contributed by atoms with Crippen molar-refractivity contribution in [1.82, 2.24) is 4.98 Å². The number of nitrogens with zero attached hydrogens (tertiary/aromatic N) is 1. The van der Waals surface area contributed by atoms with Crippen molar-refractivity contribution in [3.63, 3.8) is 0 Å². The van der Waals surface area contributed by atoms with Crippen LogP contribution in [0.2, 0.25) is 5.02 Å². The Morgan fingerprint density at radius 2 is 2.05 bits per heavy atom. The lowest BCUT2D eigenvalue weighted by molar-refractivity contribution is -0.115. The van der Waals surface area contributed by atoms with Crippen molar-refractivity contribution in [3.8, 4) is 0 Å². The van der Waals surface area contributed by atoms with Gasteiger partial charge in [-0.05, 0) is 29.8 Å². The molecule has 0 unspecified atom stereocenters. The number of carbonyl (C=O) groups is 2. The highest BCUT2D eigenvalue weighted by Gasteiger charge is 2.07. The van der Waals surface area contributed by atoms with Crippen molar-refractivity contribution < 1.29 is 14.7 Å². The van der Waals surface area contributed by atoms with E-state index in [4.69, 9.17) is 16.7 Å². The number of hydrogen-bond acceptors (Lipinski definition) is 3. The van der Waals surface area contributed by atoms with E-state index in [0.29, 0.717) is 10.7 Å². The molecule has 102 valence electrons. The van der Waals surface area contributed by atoms with Crippen LogP contribution < -0.4 is 5.32 Å². The van der Waals surface area contributed by atoms with Crippen LogP contribution in [0.4, 0.5) is 5.69 Å². The maximum absolute atomic E-state index is 11.8. The van der Waals surface area contributed by atoms with E-state index in [2.05, 4.69) is 10.3 Å². The molecule has 0 fully saturated rings. The van der Waals surface area contributed by atoms with Gasteiger partial charge in [-0.25, -0.2) is 9.78 Å². The molecule has 0 radical (unpaired) electrons. The number of anilines is 1. The summed E-state index contributed by atoms with van der Waals surface area (Å²) in [5, 5.41) is 11.9. The largest absolute Gasteiger partial charge is 0.477 e. The zero-order chi connectivity index (χ0) is 14.5. The van der Waals surface area contributed by atoms with E-state index in [0.717, 1.165) is 5.56 Å². The van der Waals surface area contributed by atoms with E-state index in [1.807, 2.05) is 0 Å². The van der Waals surface area contributed by atoms with Gasteiger partial charge < -0.3 is 10.4 Å². The lowest BCUT2D eigenvalue weighted by Gasteiger charge is -2.05. The molecule has 2 aromatic rings. The molecule has 0 aliphatic carbocycles. The van der Waals surface area contributed by atoms with Gasteiger partial charge in [-0.1, -0.05) is 23.7 Å². The first kappa shape index (κ1) is 14.0. The van der Waals surface area contributed by atoms with Crippen molar-refractivity contribution in [2.24, 2.45) is 0 Å². The Morgan fingerprint density at radius 3 is 2.65 bits per heavy atom. The van der Waals surface area contributed by atoms with Crippen LogP contribution in [0.1, 0.15) is 16.1 Å². The monoisotopic (exact) mass is 290 g/mol. The summed E-state index contributed by atoms with van der Waals surface area (Å²) in [5.74, 6) is -1.33. The van der Waals surface area contributed by atoms with Gasteiger partial charge in [0, 0.05) is 5.02 Å². The van der Waals surface area contributed by atoms with Gasteiger partial charge >= 0.3 is 5.97 Å². The first-order chi connectivity index (χ1) is 9.54. The van der Waals surface area contributed by atoms with Crippen molar-refractivity contribution in [3.05, 3.63) is 58.9 Å². The Hall–Kier alpha value is -2.40. The molecule has 0 saturated carbocycles. The Bertz CT molecular complexity index is 641. The van der Waals surface area contributed by atoms with Crippen molar-refractivity contribution in [2.75, 3.05) is 5.32 Å². The molecule has 0 aliphatic rings. The van der Waals surface area contributed by atoms with Crippen LogP contribution in [0.3, 0.4) is 0 Å². The number of pyridine rings is 1. The van der Waals surface area contributed by atoms with Gasteiger partial charge in [0.05, 0.1) is 18.3 Å². The average Bonchev–Trinajstić information content (AvgIpc) is 2.39. The second-order valence-electron chi connectivity index (χ2n) is 4.09. The first-order valence-electron chi connectivity index (χ1n) is 5.78. The van der Waals surface area contributed by atoms with Crippen LogP contribution in [-0.2, 0) is 11.2 Å². The molecule has 0 atom stereocenters. The molecule has 1 aromatic carbocycles. The molecule has 0 aliphatic heterocycles. The van der Waals surface area contributed by atoms with E-state index in [9.17, 15) is 9.59 Å². The third kappa shape index (κ3) is 3.80. The average molecular weight is 291 g/mol. The van der Waals surface area contributed by atoms with Gasteiger partial charge in [-0.15, -0.1) is 0 Å². The van der Waals surface area contributed by atoms with Crippen LogP contribution in [0.5, 0.6) is 0 Å². The number of amides is 1. The fourth-order valence-corrected chi connectivity index (χ4v) is 1.84. The quantitative estimate of drug-likeness (QED) is 0.907. The molecule has 0 saturated heterocycles. The van der Waals surface area contributed by atoms with Crippen LogP contribution in [0.25, 0.3) is 0 Å². The zero-order valence-corrected chi connectivity index (χ0v) is 11.1. The van der Waals surface area contributed by atoms with Crippen LogP contribution in [0, 0.1) is 0 Å². The second-order valence-corrected chi connectivity index (χ2v) is 4.53. The molecule has 1 heterocycles. The SMILES string of the molecule is O=C(Cc1cccc(Cl)c1)Nc1ccc(C(=O)O)nc1. The van der Waals surface area contributed by atoms with Gasteiger partial charge in [0.2, 0.25) is 5.91 Å². The predicted molar refractivity (Wildman–Crippen MR) is 75.0 cm³/mol. The molecule has 1 aromatic heterocycles. The van der Waals surface area contributed by atoms with Crippen molar-refractivity contribution >= 4 is 29.2 Å². The number of aromatic carboxylic acids is 1. The first-order valence-corrected chi connectivity index (χ1v) is 6.16. The smallest absolute Gasteiger partial charge is 0.354 e. The highest BCUT2D eigenvalue weighted by Crippen LogP contribution is 2.12. The van der Waals surface area contributed by atoms with Gasteiger partial charge in [-0.3, -0.25) is 4.79 Å². The van der Waals surface area contributed by atoms with Gasteiger partial charge in [-0.2, -0.15) is 0 Å². The number of carboxylic acids is 1. The van der Waals surface area contributed by atoms with Crippen molar-refractivity contribution in [2.45, 2.75) is 6.42 Å². The number of halogens is 1. The maximum Gasteiger partial charge on any atom is 0.354 e. The number of aromatic nitrogens is 1. The molecular weight excluding hydrogens is 280 g/mol. The Morgan fingerprint density at radius 1 is 1.25 bits per heavy atom. The van der Waals surface area contributed by atoms with E-state index in [1.165, 1.54) is 18.3 Å². The highest BCUT2D eigenvalue weighted by molar-refractivity contribution is 6.30. The third-order valence-electron chi connectivity index (χ3n) is 2.52. The lowest BCUT2D eigenvalue weighted by atomic mass is 10.1. The summed E-state index contributed by atoms with van der Waals surface area (Å²) in [5.41, 5.74) is 1.17. The molecule has 1 amide bonds. The Kier molecular flexibility index (Phi) is 4.32. The topological polar surface area (TPSA) is 79.3 Å². The summed E-state index contributed by atoms with van der Waals surface area (Å²) in [6.45, 7) is 0. The number of benzene rings is 1. The number of carbonyl (C=O) groups excluding carboxylic acids is 1. The number of carboxylic acid groups (broad SMARTS) is 1. The minimum atomic E-state index is -1.11. The van der Waals surface area contributed by atoms with E-state index in [1.54, 1.807) is 24.3 Å². The Labute approximate surface area is 120 Å². The lowest BCUT2D eigenvalue weighted by Crippen LogP contribution is -2.14. The van der Waals surface area contributed by atoms with Crippen molar-refractivity contribution in [1.29, 1.82) is 0 Å². The summed E-state index contributed by atoms with van der Waals surface area (Å²) < 4.78 is 0. The fourth-order valence-electron chi connectivity index (χ4n) is 1.63. The zero-order valence-electron chi connectivity index (χ0n) is 10.3. The standard InChI is InChI=1S/C14H11ClN2O3/c15-10-3-1-2-9(6-10)7-13(18)17-11-4-5-12(14(19)20)16-8-11/h1-6,8H,7H2,(H,17,18)(H,19,20). The minimum absolute atomic E-state index is 0.0714. The van der Waals surface area contributed by atoms with E-state index < -0.39 is 5.97 Å². The van der Waals surface area contributed by atoms with Gasteiger partial charge in [0.15, 0.2) is 0 Å². The fraction of sp³-hybridized carbons (Fsp3) is 0.0714. The van der Waals surface area contributed by atoms with E-state index in [-0.39, 0.29) is 18.0 Å². The maximum atomic E-state index is 11.8.